The van der Waals surface area contributed by atoms with Crippen molar-refractivity contribution in [2.24, 2.45) is 5.73 Å². The van der Waals surface area contributed by atoms with Gasteiger partial charge in [0.05, 0.1) is 0 Å². The summed E-state index contributed by atoms with van der Waals surface area (Å²) in [4.78, 5) is 22.5. The van der Waals surface area contributed by atoms with Crippen molar-refractivity contribution < 1.29 is 9.53 Å². The van der Waals surface area contributed by atoms with E-state index in [1.807, 2.05) is 33.2 Å². The monoisotopic (exact) mass is 306 g/mol. The molecular formula is C16H26N4O2. The van der Waals surface area contributed by atoms with Gasteiger partial charge in [0.2, 0.25) is 0 Å². The summed E-state index contributed by atoms with van der Waals surface area (Å²) in [5.41, 5.74) is 6.20. The van der Waals surface area contributed by atoms with Crippen LogP contribution in [-0.2, 0) is 11.2 Å². The van der Waals surface area contributed by atoms with E-state index >= 15 is 0 Å². The molecule has 0 unspecified atom stereocenters. The lowest BCUT2D eigenvalue weighted by Gasteiger charge is -2.33. The van der Waals surface area contributed by atoms with Gasteiger partial charge in [-0.1, -0.05) is 0 Å². The average molecular weight is 306 g/mol. The van der Waals surface area contributed by atoms with Crippen molar-refractivity contribution in [3.63, 3.8) is 0 Å². The van der Waals surface area contributed by atoms with E-state index < -0.39 is 5.60 Å². The van der Waals surface area contributed by atoms with Crippen molar-refractivity contribution in [1.82, 2.24) is 14.9 Å². The molecule has 122 valence electrons. The molecule has 0 atom stereocenters. The molecule has 2 heterocycles. The number of hydrogen-bond acceptors (Lipinski definition) is 5. The molecule has 1 saturated heterocycles. The number of carbonyl (C=O) groups excluding carboxylic acids is 1. The summed E-state index contributed by atoms with van der Waals surface area (Å²) in [7, 11) is 0. The first-order valence-electron chi connectivity index (χ1n) is 7.88. The Balaban J connectivity index is 1.87. The Morgan fingerprint density at radius 3 is 2.41 bits per heavy atom. The molecule has 0 bridgehead atoms. The van der Waals surface area contributed by atoms with Gasteiger partial charge in [-0.3, -0.25) is 0 Å². The minimum Gasteiger partial charge on any atom is -0.444 e. The molecule has 1 amide bonds. The van der Waals surface area contributed by atoms with Crippen LogP contribution < -0.4 is 5.73 Å². The number of aromatic nitrogens is 2. The van der Waals surface area contributed by atoms with E-state index in [4.69, 9.17) is 10.5 Å². The molecule has 0 radical (unpaired) electrons. The van der Waals surface area contributed by atoms with E-state index in [1.54, 1.807) is 4.90 Å². The van der Waals surface area contributed by atoms with Crippen LogP contribution in [0.1, 0.15) is 50.9 Å². The molecule has 0 aliphatic carbocycles. The first-order chi connectivity index (χ1) is 10.4. The summed E-state index contributed by atoms with van der Waals surface area (Å²) >= 11 is 0. The number of ether oxygens (including phenoxy) is 1. The molecule has 22 heavy (non-hydrogen) atoms. The second kappa shape index (κ2) is 7.05. The van der Waals surface area contributed by atoms with Gasteiger partial charge in [-0.15, -0.1) is 0 Å². The van der Waals surface area contributed by atoms with Crippen molar-refractivity contribution in [2.75, 3.05) is 19.6 Å². The van der Waals surface area contributed by atoms with E-state index in [0.717, 1.165) is 24.2 Å². The van der Waals surface area contributed by atoms with Gasteiger partial charge in [-0.05, 0) is 51.6 Å². The van der Waals surface area contributed by atoms with Crippen molar-refractivity contribution in [1.29, 1.82) is 0 Å². The maximum atomic E-state index is 12.0. The molecule has 6 nitrogen and oxygen atoms in total. The first-order valence-corrected chi connectivity index (χ1v) is 7.88. The van der Waals surface area contributed by atoms with Gasteiger partial charge in [0.25, 0.3) is 0 Å². The van der Waals surface area contributed by atoms with Crippen molar-refractivity contribution in [2.45, 2.75) is 51.6 Å². The Morgan fingerprint density at radius 2 is 1.91 bits per heavy atom. The molecular weight excluding hydrogens is 280 g/mol. The lowest BCUT2D eigenvalue weighted by atomic mass is 9.91. The SMILES string of the molecule is CC(C)(C)OC(=O)N1CCC(c2cnc(CCN)nc2)CC1. The van der Waals surface area contributed by atoms with Gasteiger partial charge in [0.1, 0.15) is 11.4 Å². The zero-order valence-electron chi connectivity index (χ0n) is 13.7. The van der Waals surface area contributed by atoms with Crippen LogP contribution in [0.15, 0.2) is 12.4 Å². The number of amides is 1. The van der Waals surface area contributed by atoms with Gasteiger partial charge in [-0.2, -0.15) is 0 Å². The maximum Gasteiger partial charge on any atom is 0.410 e. The van der Waals surface area contributed by atoms with Crippen LogP contribution in [0.2, 0.25) is 0 Å². The third kappa shape index (κ3) is 4.66. The molecule has 1 aromatic rings. The molecule has 2 rings (SSSR count). The molecule has 1 aromatic heterocycles. The molecule has 1 aliphatic heterocycles. The summed E-state index contributed by atoms with van der Waals surface area (Å²) in [6, 6.07) is 0. The summed E-state index contributed by atoms with van der Waals surface area (Å²) in [5, 5.41) is 0. The molecule has 2 N–H and O–H groups in total. The number of piperidine rings is 1. The van der Waals surface area contributed by atoms with Gasteiger partial charge in [0.15, 0.2) is 0 Å². The van der Waals surface area contributed by atoms with Crippen molar-refractivity contribution in [3.05, 3.63) is 23.8 Å². The summed E-state index contributed by atoms with van der Waals surface area (Å²) in [5.74, 6) is 1.20. The van der Waals surface area contributed by atoms with E-state index in [9.17, 15) is 4.79 Å². The van der Waals surface area contributed by atoms with Crippen LogP contribution >= 0.6 is 0 Å². The second-order valence-electron chi connectivity index (χ2n) is 6.71. The predicted octanol–water partition coefficient (Wildman–Crippen LogP) is 2.09. The van der Waals surface area contributed by atoms with Crippen LogP contribution in [0.3, 0.4) is 0 Å². The Hall–Kier alpha value is -1.69. The van der Waals surface area contributed by atoms with Crippen molar-refractivity contribution >= 4 is 6.09 Å². The van der Waals surface area contributed by atoms with Crippen LogP contribution in [0.5, 0.6) is 0 Å². The number of nitrogens with zero attached hydrogens (tertiary/aromatic N) is 3. The van der Waals surface area contributed by atoms with Gasteiger partial charge >= 0.3 is 6.09 Å². The van der Waals surface area contributed by atoms with E-state index in [1.165, 1.54) is 0 Å². The van der Waals surface area contributed by atoms with Gasteiger partial charge < -0.3 is 15.4 Å². The normalized spacial score (nSPS) is 16.6. The van der Waals surface area contributed by atoms with Gasteiger partial charge in [0, 0.05) is 31.9 Å². The number of carbonyl (C=O) groups is 1. The van der Waals surface area contributed by atoms with E-state index in [0.29, 0.717) is 32.0 Å². The third-order valence-corrected chi connectivity index (χ3v) is 3.71. The fourth-order valence-corrected chi connectivity index (χ4v) is 2.56. The zero-order chi connectivity index (χ0) is 16.2. The lowest BCUT2D eigenvalue weighted by molar-refractivity contribution is 0.0205. The fourth-order valence-electron chi connectivity index (χ4n) is 2.56. The third-order valence-electron chi connectivity index (χ3n) is 3.71. The molecule has 0 saturated carbocycles. The fraction of sp³-hybridized carbons (Fsp3) is 0.688. The highest BCUT2D eigenvalue weighted by atomic mass is 16.6. The first kappa shape index (κ1) is 16.7. The van der Waals surface area contributed by atoms with Gasteiger partial charge in [-0.25, -0.2) is 14.8 Å². The Kier molecular flexibility index (Phi) is 5.34. The molecule has 0 spiro atoms. The standard InChI is InChI=1S/C16H26N4O2/c1-16(2,3)22-15(21)20-8-5-12(6-9-20)13-10-18-14(4-7-17)19-11-13/h10-12H,4-9,17H2,1-3H3. The highest BCUT2D eigenvalue weighted by Crippen LogP contribution is 2.27. The lowest BCUT2D eigenvalue weighted by Crippen LogP contribution is -2.41. The second-order valence-corrected chi connectivity index (χ2v) is 6.71. The molecule has 1 aliphatic rings. The Morgan fingerprint density at radius 1 is 1.32 bits per heavy atom. The highest BCUT2D eigenvalue weighted by molar-refractivity contribution is 5.68. The number of likely N-dealkylation sites (tertiary alicyclic amines) is 1. The minimum atomic E-state index is -0.444. The Bertz CT molecular complexity index is 488. The van der Waals surface area contributed by atoms with E-state index in [2.05, 4.69) is 9.97 Å². The molecule has 6 heteroatoms. The summed E-state index contributed by atoms with van der Waals surface area (Å²) < 4.78 is 5.41. The smallest absolute Gasteiger partial charge is 0.410 e. The predicted molar refractivity (Wildman–Crippen MR) is 84.6 cm³/mol. The van der Waals surface area contributed by atoms with Crippen LogP contribution in [0.25, 0.3) is 0 Å². The summed E-state index contributed by atoms with van der Waals surface area (Å²) in [6.07, 6.45) is 6.10. The zero-order valence-corrected chi connectivity index (χ0v) is 13.7. The van der Waals surface area contributed by atoms with Crippen LogP contribution in [0, 0.1) is 0 Å². The van der Waals surface area contributed by atoms with Crippen LogP contribution in [0.4, 0.5) is 4.79 Å². The molecule has 1 fully saturated rings. The largest absolute Gasteiger partial charge is 0.444 e. The average Bonchev–Trinajstić information content (AvgIpc) is 2.47. The van der Waals surface area contributed by atoms with E-state index in [-0.39, 0.29) is 6.09 Å². The Labute approximate surface area is 132 Å². The summed E-state index contributed by atoms with van der Waals surface area (Å²) in [6.45, 7) is 7.65. The number of nitrogens with two attached hydrogens (primary N) is 1. The topological polar surface area (TPSA) is 81.3 Å². The minimum absolute atomic E-state index is 0.222. The number of hydrogen-bond donors (Lipinski definition) is 1. The van der Waals surface area contributed by atoms with Crippen LogP contribution in [-0.4, -0.2) is 46.2 Å². The highest BCUT2D eigenvalue weighted by Gasteiger charge is 2.27. The molecule has 0 aromatic carbocycles. The van der Waals surface area contributed by atoms with Crippen molar-refractivity contribution in [3.8, 4) is 0 Å². The number of rotatable bonds is 3. The quantitative estimate of drug-likeness (QED) is 0.924. The maximum absolute atomic E-state index is 12.0.